The third kappa shape index (κ3) is 2.87. The van der Waals surface area contributed by atoms with E-state index >= 15 is 0 Å². The fraction of sp³-hybridized carbons (Fsp3) is 0. The summed E-state index contributed by atoms with van der Waals surface area (Å²) in [5, 5.41) is 11.6. The lowest BCUT2D eigenvalue weighted by Crippen LogP contribution is -2.14. The van der Waals surface area contributed by atoms with Crippen LogP contribution in [0.3, 0.4) is 0 Å². The van der Waals surface area contributed by atoms with Gasteiger partial charge in [0.25, 0.3) is 5.91 Å². The summed E-state index contributed by atoms with van der Waals surface area (Å²) in [5.74, 6) is -1.08. The lowest BCUT2D eigenvalue weighted by atomic mass is 10.1. The molecule has 20 heavy (non-hydrogen) atoms. The van der Waals surface area contributed by atoms with Crippen molar-refractivity contribution in [2.24, 2.45) is 0 Å². The van der Waals surface area contributed by atoms with Crippen molar-refractivity contribution in [2.75, 3.05) is 11.1 Å². The number of amides is 1. The Kier molecular flexibility index (Phi) is 3.87. The van der Waals surface area contributed by atoms with E-state index in [0.29, 0.717) is 5.69 Å². The van der Waals surface area contributed by atoms with Crippen LogP contribution in [0.1, 0.15) is 15.9 Å². The molecule has 0 saturated heterocycles. The Labute approximate surface area is 119 Å². The van der Waals surface area contributed by atoms with Crippen LogP contribution in [-0.2, 0) is 0 Å². The Balaban J connectivity index is 2.33. The average Bonchev–Trinajstić information content (AvgIpc) is 2.43. The SMILES string of the molecule is N#Cc1cc(F)ccc1NC(=O)c1cc(N)ccc1Cl. The van der Waals surface area contributed by atoms with Crippen molar-refractivity contribution in [3.05, 3.63) is 58.4 Å². The van der Waals surface area contributed by atoms with Crippen molar-refractivity contribution < 1.29 is 9.18 Å². The van der Waals surface area contributed by atoms with Crippen LogP contribution < -0.4 is 11.1 Å². The first-order valence-electron chi connectivity index (χ1n) is 5.57. The van der Waals surface area contributed by atoms with Crippen LogP contribution in [0.15, 0.2) is 36.4 Å². The smallest absolute Gasteiger partial charge is 0.257 e. The van der Waals surface area contributed by atoms with Gasteiger partial charge in [0.05, 0.1) is 21.8 Å². The van der Waals surface area contributed by atoms with Gasteiger partial charge in [-0.25, -0.2) is 4.39 Å². The summed E-state index contributed by atoms with van der Waals surface area (Å²) in [6, 6.07) is 9.80. The van der Waals surface area contributed by atoms with Gasteiger partial charge in [-0.1, -0.05) is 11.6 Å². The summed E-state index contributed by atoms with van der Waals surface area (Å²) in [6.45, 7) is 0. The number of carbonyl (C=O) groups excluding carboxylic acids is 1. The minimum absolute atomic E-state index is 0.0263. The first kappa shape index (κ1) is 13.8. The van der Waals surface area contributed by atoms with Crippen LogP contribution in [0.4, 0.5) is 15.8 Å². The lowest BCUT2D eigenvalue weighted by molar-refractivity contribution is 0.102. The Morgan fingerprint density at radius 2 is 2.05 bits per heavy atom. The van der Waals surface area contributed by atoms with Gasteiger partial charge in [-0.15, -0.1) is 0 Å². The lowest BCUT2D eigenvalue weighted by Gasteiger charge is -2.09. The molecule has 0 fully saturated rings. The number of benzene rings is 2. The number of nitrogens with one attached hydrogen (secondary N) is 1. The fourth-order valence-electron chi connectivity index (χ4n) is 1.62. The highest BCUT2D eigenvalue weighted by Gasteiger charge is 2.13. The molecule has 6 heteroatoms. The highest BCUT2D eigenvalue weighted by atomic mass is 35.5. The molecule has 3 N–H and O–H groups in total. The third-order valence-electron chi connectivity index (χ3n) is 2.59. The second-order valence-electron chi connectivity index (χ2n) is 4.00. The van der Waals surface area contributed by atoms with Crippen LogP contribution in [-0.4, -0.2) is 5.91 Å². The Morgan fingerprint density at radius 3 is 2.75 bits per heavy atom. The summed E-state index contributed by atoms with van der Waals surface area (Å²) in [4.78, 5) is 12.1. The zero-order valence-corrected chi connectivity index (χ0v) is 10.9. The molecule has 0 saturated carbocycles. The molecule has 0 radical (unpaired) electrons. The van der Waals surface area contributed by atoms with E-state index in [-0.39, 0.29) is 21.8 Å². The maximum absolute atomic E-state index is 13.0. The molecule has 0 atom stereocenters. The highest BCUT2D eigenvalue weighted by Crippen LogP contribution is 2.22. The van der Waals surface area contributed by atoms with Crippen LogP contribution in [0.2, 0.25) is 5.02 Å². The van der Waals surface area contributed by atoms with Gasteiger partial charge in [-0.05, 0) is 36.4 Å². The number of anilines is 2. The van der Waals surface area contributed by atoms with Crippen LogP contribution in [0, 0.1) is 17.1 Å². The second-order valence-corrected chi connectivity index (χ2v) is 4.40. The van der Waals surface area contributed by atoms with E-state index in [1.807, 2.05) is 0 Å². The quantitative estimate of drug-likeness (QED) is 0.833. The topological polar surface area (TPSA) is 78.9 Å². The van der Waals surface area contributed by atoms with Gasteiger partial charge in [0.2, 0.25) is 0 Å². The van der Waals surface area contributed by atoms with Crippen LogP contribution in [0.5, 0.6) is 0 Å². The van der Waals surface area contributed by atoms with E-state index < -0.39 is 11.7 Å². The van der Waals surface area contributed by atoms with Gasteiger partial charge in [0.1, 0.15) is 11.9 Å². The normalized spacial score (nSPS) is 9.85. The maximum Gasteiger partial charge on any atom is 0.257 e. The number of nitrogen functional groups attached to an aromatic ring is 1. The Morgan fingerprint density at radius 1 is 1.30 bits per heavy atom. The summed E-state index contributed by atoms with van der Waals surface area (Å²) < 4.78 is 13.0. The molecular weight excluding hydrogens is 281 g/mol. The van der Waals surface area contributed by atoms with Crippen molar-refractivity contribution in [2.45, 2.75) is 0 Å². The Bertz CT molecular complexity index is 725. The molecule has 0 spiro atoms. The number of nitrogens with two attached hydrogens (primary N) is 1. The predicted molar refractivity (Wildman–Crippen MR) is 74.9 cm³/mol. The summed E-state index contributed by atoms with van der Waals surface area (Å²) >= 11 is 5.91. The van der Waals surface area contributed by atoms with Gasteiger partial charge >= 0.3 is 0 Å². The third-order valence-corrected chi connectivity index (χ3v) is 2.91. The van der Waals surface area contributed by atoms with E-state index in [1.54, 1.807) is 12.1 Å². The van der Waals surface area contributed by atoms with Gasteiger partial charge in [0.15, 0.2) is 0 Å². The van der Waals surface area contributed by atoms with E-state index in [1.165, 1.54) is 18.2 Å². The number of rotatable bonds is 2. The molecule has 2 aromatic rings. The average molecular weight is 290 g/mol. The predicted octanol–water partition coefficient (Wildman–Crippen LogP) is 3.19. The second kappa shape index (κ2) is 5.59. The molecule has 0 aromatic heterocycles. The van der Waals surface area contributed by atoms with Crippen LogP contribution in [0.25, 0.3) is 0 Å². The number of halogens is 2. The molecular formula is C14H9ClFN3O. The molecule has 2 rings (SSSR count). The number of carbonyl (C=O) groups is 1. The summed E-state index contributed by atoms with van der Waals surface area (Å²) in [5.41, 5.74) is 6.39. The van der Waals surface area contributed by atoms with E-state index in [0.717, 1.165) is 12.1 Å². The molecule has 2 aromatic carbocycles. The number of hydrogen-bond donors (Lipinski definition) is 2. The van der Waals surface area contributed by atoms with E-state index in [2.05, 4.69) is 5.32 Å². The van der Waals surface area contributed by atoms with Crippen molar-refractivity contribution in [3.8, 4) is 6.07 Å². The minimum atomic E-state index is -0.554. The molecule has 1 amide bonds. The molecule has 4 nitrogen and oxygen atoms in total. The Hall–Kier alpha value is -2.58. The van der Waals surface area contributed by atoms with Gasteiger partial charge in [-0.2, -0.15) is 5.26 Å². The highest BCUT2D eigenvalue weighted by molar-refractivity contribution is 6.34. The first-order chi connectivity index (χ1) is 9.51. The minimum Gasteiger partial charge on any atom is -0.399 e. The van der Waals surface area contributed by atoms with Crippen molar-refractivity contribution in [1.29, 1.82) is 5.26 Å². The maximum atomic E-state index is 13.0. The first-order valence-corrected chi connectivity index (χ1v) is 5.95. The zero-order chi connectivity index (χ0) is 14.7. The molecule has 0 aliphatic rings. The van der Waals surface area contributed by atoms with Crippen molar-refractivity contribution in [3.63, 3.8) is 0 Å². The molecule has 0 aliphatic carbocycles. The fourth-order valence-corrected chi connectivity index (χ4v) is 1.83. The van der Waals surface area contributed by atoms with Crippen molar-refractivity contribution in [1.82, 2.24) is 0 Å². The molecule has 100 valence electrons. The van der Waals surface area contributed by atoms with E-state index in [9.17, 15) is 9.18 Å². The van der Waals surface area contributed by atoms with Gasteiger partial charge in [-0.3, -0.25) is 4.79 Å². The zero-order valence-electron chi connectivity index (χ0n) is 10.2. The summed E-state index contributed by atoms with van der Waals surface area (Å²) in [7, 11) is 0. The molecule has 0 bridgehead atoms. The monoisotopic (exact) mass is 289 g/mol. The number of nitrogens with zero attached hydrogens (tertiary/aromatic N) is 1. The number of hydrogen-bond acceptors (Lipinski definition) is 3. The number of nitriles is 1. The van der Waals surface area contributed by atoms with Crippen molar-refractivity contribution >= 4 is 28.9 Å². The summed E-state index contributed by atoms with van der Waals surface area (Å²) in [6.07, 6.45) is 0. The largest absolute Gasteiger partial charge is 0.399 e. The molecule has 0 heterocycles. The molecule has 0 aliphatic heterocycles. The van der Waals surface area contributed by atoms with Crippen LogP contribution >= 0.6 is 11.6 Å². The standard InChI is InChI=1S/C14H9ClFN3O/c15-12-3-2-10(18)6-11(12)14(20)19-13-4-1-9(16)5-8(13)7-17/h1-6H,18H2,(H,19,20). The van der Waals surface area contributed by atoms with Gasteiger partial charge in [0, 0.05) is 5.69 Å². The molecule has 0 unspecified atom stereocenters. The van der Waals surface area contributed by atoms with Gasteiger partial charge < -0.3 is 11.1 Å². The van der Waals surface area contributed by atoms with E-state index in [4.69, 9.17) is 22.6 Å².